The van der Waals surface area contributed by atoms with Gasteiger partial charge in [-0.25, -0.2) is 0 Å². The number of hydrogen-bond donors (Lipinski definition) is 0. The molecule has 2 rings (SSSR count). The van der Waals surface area contributed by atoms with E-state index in [0.29, 0.717) is 0 Å². The summed E-state index contributed by atoms with van der Waals surface area (Å²) in [5, 5.41) is 0. The van der Waals surface area contributed by atoms with Gasteiger partial charge in [-0.05, 0) is 41.3 Å². The Hall–Kier alpha value is 0.150. The molecule has 88 valence electrons. The average Bonchev–Trinajstić information content (AvgIpc) is 2.23. The maximum atomic E-state index is 2.18. The van der Waals surface area contributed by atoms with Gasteiger partial charge in [0.1, 0.15) is 0 Å². The molecule has 0 N–H and O–H groups in total. The highest BCUT2D eigenvalue weighted by Crippen LogP contribution is 2.00. The molecule has 2 heterocycles. The summed E-state index contributed by atoms with van der Waals surface area (Å²) in [6.45, 7) is 1.88. The first-order valence-corrected chi connectivity index (χ1v) is 6.02. The maximum absolute atomic E-state index is 2.18. The SMILES string of the molecule is CN1[B]N(C)[B]N(CCN2[B]N(C)[B]N(C)[B]2)[B]1. The molecule has 0 amide bonds. The van der Waals surface area contributed by atoms with Gasteiger partial charge in [0.05, 0.1) is 0 Å². The van der Waals surface area contributed by atoms with Crippen LogP contribution in [0.5, 0.6) is 0 Å². The van der Waals surface area contributed by atoms with E-state index in [9.17, 15) is 0 Å². The summed E-state index contributed by atoms with van der Waals surface area (Å²) in [7, 11) is 20.6. The van der Waals surface area contributed by atoms with Gasteiger partial charge >= 0.3 is 0 Å². The largest absolute Gasteiger partial charge is 0.367 e. The van der Waals surface area contributed by atoms with Gasteiger partial charge in [0, 0.05) is 0 Å². The summed E-state index contributed by atoms with van der Waals surface area (Å²) < 4.78 is 12.6. The molecule has 0 spiro atoms. The van der Waals surface area contributed by atoms with Crippen molar-refractivity contribution in [3.63, 3.8) is 0 Å². The van der Waals surface area contributed by atoms with E-state index in [1.165, 1.54) is 0 Å². The third kappa shape index (κ3) is 4.36. The van der Waals surface area contributed by atoms with E-state index in [0.717, 1.165) is 13.1 Å². The highest BCUT2D eigenvalue weighted by Gasteiger charge is 2.26. The molecule has 0 bridgehead atoms. The molecular formula is C6H16B6N6. The molecule has 2 aliphatic heterocycles. The Bertz CT molecular complexity index is 227. The van der Waals surface area contributed by atoms with Crippen LogP contribution in [0.4, 0.5) is 0 Å². The molecule has 0 aromatic heterocycles. The van der Waals surface area contributed by atoms with Crippen LogP contribution in [0, 0.1) is 0 Å². The van der Waals surface area contributed by atoms with Crippen molar-refractivity contribution >= 4 is 45.3 Å². The first-order valence-electron chi connectivity index (χ1n) is 6.02. The van der Waals surface area contributed by atoms with Crippen molar-refractivity contribution in [1.29, 1.82) is 0 Å². The van der Waals surface area contributed by atoms with Gasteiger partial charge in [-0.1, -0.05) is 0 Å². The second kappa shape index (κ2) is 6.54. The Morgan fingerprint density at radius 1 is 0.500 bits per heavy atom. The third-order valence-corrected chi connectivity index (χ3v) is 2.67. The van der Waals surface area contributed by atoms with Crippen molar-refractivity contribution in [2.75, 3.05) is 41.3 Å². The molecule has 0 aliphatic carbocycles. The molecule has 0 aromatic rings. The summed E-state index contributed by atoms with van der Waals surface area (Å²) in [4.78, 5) is 0. The minimum atomic E-state index is 0.942. The quantitative estimate of drug-likeness (QED) is 0.472. The zero-order chi connectivity index (χ0) is 13.1. The van der Waals surface area contributed by atoms with Crippen LogP contribution in [0.15, 0.2) is 0 Å². The lowest BCUT2D eigenvalue weighted by atomic mass is 9.73. The molecule has 18 heavy (non-hydrogen) atoms. The van der Waals surface area contributed by atoms with Gasteiger partial charge < -0.3 is 28.3 Å². The lowest BCUT2D eigenvalue weighted by Gasteiger charge is -2.40. The number of rotatable bonds is 3. The molecule has 2 fully saturated rings. The number of hydrogen-bond acceptors (Lipinski definition) is 6. The van der Waals surface area contributed by atoms with Crippen LogP contribution in [0.1, 0.15) is 0 Å². The minimum Gasteiger partial charge on any atom is -0.367 e. The van der Waals surface area contributed by atoms with Crippen LogP contribution in [0.2, 0.25) is 0 Å². The predicted octanol–water partition coefficient (Wildman–Crippen LogP) is -3.45. The van der Waals surface area contributed by atoms with Crippen LogP contribution in [-0.2, 0) is 0 Å². The fourth-order valence-electron chi connectivity index (χ4n) is 2.15. The van der Waals surface area contributed by atoms with Crippen LogP contribution in [0.3, 0.4) is 0 Å². The van der Waals surface area contributed by atoms with Gasteiger partial charge in [-0.3, -0.25) is 0 Å². The Labute approximate surface area is 115 Å². The minimum absolute atomic E-state index is 0.942. The average molecular weight is 237 g/mol. The Balaban J connectivity index is 1.73. The standard InChI is InChI=1S/C6H16B6N6/c1-13-7-14(2)10-17(9-13)5-6-18-11-15(3)8-16(4)12-18/h5-6H2,1-4H3. The topological polar surface area (TPSA) is 19.4 Å². The van der Waals surface area contributed by atoms with E-state index in [1.54, 1.807) is 0 Å². The molecule has 6 nitrogen and oxygen atoms in total. The molecule has 0 atom stereocenters. The molecule has 0 saturated carbocycles. The van der Waals surface area contributed by atoms with Crippen molar-refractivity contribution < 1.29 is 0 Å². The zero-order valence-corrected chi connectivity index (χ0v) is 11.6. The summed E-state index contributed by atoms with van der Waals surface area (Å²) in [5.41, 5.74) is 0. The normalized spacial score (nSPS) is 25.3. The fourth-order valence-corrected chi connectivity index (χ4v) is 2.15. The molecular weight excluding hydrogens is 221 g/mol. The molecule has 12 heteroatoms. The predicted molar refractivity (Wildman–Crippen MR) is 79.0 cm³/mol. The van der Waals surface area contributed by atoms with Crippen LogP contribution < -0.4 is 0 Å². The molecule has 0 unspecified atom stereocenters. The van der Waals surface area contributed by atoms with Crippen molar-refractivity contribution in [3.8, 4) is 0 Å². The van der Waals surface area contributed by atoms with E-state index in [1.807, 2.05) is 43.3 Å². The molecule has 2 aliphatic rings. The summed E-state index contributed by atoms with van der Waals surface area (Å²) >= 11 is 0. The highest BCUT2D eigenvalue weighted by atomic mass is 15.3. The zero-order valence-electron chi connectivity index (χ0n) is 11.6. The van der Waals surface area contributed by atoms with Gasteiger partial charge in [-0.15, -0.1) is 0 Å². The van der Waals surface area contributed by atoms with Gasteiger partial charge in [0.15, 0.2) is 0 Å². The van der Waals surface area contributed by atoms with E-state index in [-0.39, 0.29) is 0 Å². The Morgan fingerprint density at radius 2 is 0.778 bits per heavy atom. The second-order valence-corrected chi connectivity index (χ2v) is 4.83. The molecule has 2 saturated heterocycles. The van der Waals surface area contributed by atoms with E-state index >= 15 is 0 Å². The lowest BCUT2D eigenvalue weighted by Crippen LogP contribution is -2.62. The Kier molecular flexibility index (Phi) is 5.29. The number of nitrogens with zero attached hydrogens (tertiary/aromatic N) is 6. The fraction of sp³-hybridized carbons (Fsp3) is 1.00. The van der Waals surface area contributed by atoms with E-state index in [4.69, 9.17) is 0 Å². The summed E-state index contributed by atoms with van der Waals surface area (Å²) in [5.74, 6) is 0. The van der Waals surface area contributed by atoms with Crippen LogP contribution >= 0.6 is 0 Å². The van der Waals surface area contributed by atoms with Crippen molar-refractivity contribution in [1.82, 2.24) is 28.3 Å². The van der Waals surface area contributed by atoms with Crippen molar-refractivity contribution in [2.45, 2.75) is 0 Å². The van der Waals surface area contributed by atoms with E-state index in [2.05, 4.69) is 58.5 Å². The van der Waals surface area contributed by atoms with Gasteiger partial charge in [0.25, 0.3) is 45.3 Å². The molecule has 0 aromatic carbocycles. The van der Waals surface area contributed by atoms with Crippen molar-refractivity contribution in [2.24, 2.45) is 0 Å². The van der Waals surface area contributed by atoms with Crippen LogP contribution in [0.25, 0.3) is 0 Å². The molecule has 6 radical (unpaired) electrons. The van der Waals surface area contributed by atoms with E-state index < -0.39 is 0 Å². The smallest absolute Gasteiger partial charge is 0.289 e. The highest BCUT2D eigenvalue weighted by molar-refractivity contribution is 6.65. The second-order valence-electron chi connectivity index (χ2n) is 4.83. The third-order valence-electron chi connectivity index (χ3n) is 2.67. The summed E-state index contributed by atoms with van der Waals surface area (Å²) in [6, 6.07) is 0. The first-order chi connectivity index (χ1) is 8.52. The summed E-state index contributed by atoms with van der Waals surface area (Å²) in [6.07, 6.45) is 0. The maximum Gasteiger partial charge on any atom is 0.289 e. The van der Waals surface area contributed by atoms with Crippen LogP contribution in [-0.4, -0.2) is 115 Å². The monoisotopic (exact) mass is 238 g/mol. The van der Waals surface area contributed by atoms with Gasteiger partial charge in [0.2, 0.25) is 0 Å². The first kappa shape index (κ1) is 14.6. The van der Waals surface area contributed by atoms with Crippen molar-refractivity contribution in [3.05, 3.63) is 0 Å². The lowest BCUT2D eigenvalue weighted by molar-refractivity contribution is 0.477. The van der Waals surface area contributed by atoms with Gasteiger partial charge in [-0.2, -0.15) is 0 Å². The Morgan fingerprint density at radius 3 is 1.06 bits per heavy atom.